The van der Waals surface area contributed by atoms with E-state index in [1.54, 1.807) is 12.4 Å². The molecule has 0 aliphatic rings. The number of thiocarbonyl (C=S) groups is 1. The lowest BCUT2D eigenvalue weighted by atomic mass is 10.4. The summed E-state index contributed by atoms with van der Waals surface area (Å²) in [6.45, 7) is 2.46. The molecule has 0 aromatic carbocycles. The highest BCUT2D eigenvalue weighted by Gasteiger charge is 1.99. The molecule has 0 bridgehead atoms. The van der Waals surface area contributed by atoms with Crippen molar-refractivity contribution in [2.75, 3.05) is 6.61 Å². The quantitative estimate of drug-likeness (QED) is 0.517. The number of nitrogens with zero attached hydrogens (tertiary/aromatic N) is 1. The van der Waals surface area contributed by atoms with Crippen LogP contribution in [-0.2, 0) is 4.84 Å². The van der Waals surface area contributed by atoms with Crippen LogP contribution in [0.4, 0.5) is 0 Å². The number of nitrogens with one attached hydrogen (secondary N) is 2. The summed E-state index contributed by atoms with van der Waals surface area (Å²) >= 11 is 4.94. The van der Waals surface area contributed by atoms with Crippen molar-refractivity contribution < 1.29 is 4.84 Å². The van der Waals surface area contributed by atoms with Crippen LogP contribution in [-0.4, -0.2) is 21.8 Å². The Balaban J connectivity index is 2.43. The Bertz CT molecular complexity index is 222. The van der Waals surface area contributed by atoms with E-state index in [1.165, 1.54) is 0 Å². The molecule has 0 aliphatic carbocycles. The maximum Gasteiger partial charge on any atom is 0.133 e. The lowest BCUT2D eigenvalue weighted by molar-refractivity contribution is 0.0990. The molecule has 11 heavy (non-hydrogen) atoms. The van der Waals surface area contributed by atoms with E-state index in [4.69, 9.17) is 17.1 Å². The highest BCUT2D eigenvalue weighted by Crippen LogP contribution is 1.93. The minimum atomic E-state index is 0.542. The first-order chi connectivity index (χ1) is 5.34. The fourth-order valence-corrected chi connectivity index (χ4v) is 0.742. The van der Waals surface area contributed by atoms with Crippen molar-refractivity contribution in [1.82, 2.24) is 15.7 Å². The number of H-pyrrole nitrogens is 1. The lowest BCUT2D eigenvalue weighted by Gasteiger charge is -2.02. The molecule has 0 fully saturated rings. The van der Waals surface area contributed by atoms with Crippen LogP contribution in [0.25, 0.3) is 0 Å². The van der Waals surface area contributed by atoms with Gasteiger partial charge >= 0.3 is 0 Å². The molecule has 0 unspecified atom stereocenters. The third kappa shape index (κ3) is 2.28. The van der Waals surface area contributed by atoms with Crippen molar-refractivity contribution in [2.24, 2.45) is 0 Å². The van der Waals surface area contributed by atoms with E-state index in [9.17, 15) is 0 Å². The molecule has 1 heterocycles. The molecule has 60 valence electrons. The van der Waals surface area contributed by atoms with Gasteiger partial charge in [-0.15, -0.1) is 0 Å². The van der Waals surface area contributed by atoms with Crippen LogP contribution >= 0.6 is 12.2 Å². The first-order valence-corrected chi connectivity index (χ1v) is 3.66. The Kier molecular flexibility index (Phi) is 3.00. The van der Waals surface area contributed by atoms with Gasteiger partial charge < -0.3 is 0 Å². The maximum absolute atomic E-state index is 4.94. The van der Waals surface area contributed by atoms with Gasteiger partial charge in [0.2, 0.25) is 0 Å². The fourth-order valence-electron chi connectivity index (χ4n) is 0.572. The molecule has 1 rings (SSSR count). The van der Waals surface area contributed by atoms with Gasteiger partial charge in [0.1, 0.15) is 4.99 Å². The molecule has 4 nitrogen and oxygen atoms in total. The Morgan fingerprint density at radius 3 is 3.27 bits per heavy atom. The second-order valence-corrected chi connectivity index (χ2v) is 2.26. The lowest BCUT2D eigenvalue weighted by Crippen LogP contribution is -2.21. The zero-order chi connectivity index (χ0) is 8.10. The molecule has 0 atom stereocenters. The monoisotopic (exact) mass is 171 g/mol. The van der Waals surface area contributed by atoms with Crippen LogP contribution in [0.5, 0.6) is 0 Å². The first kappa shape index (κ1) is 8.16. The van der Waals surface area contributed by atoms with Gasteiger partial charge in [-0.1, -0.05) is 12.2 Å². The second-order valence-electron chi connectivity index (χ2n) is 1.85. The Hall–Kier alpha value is -0.940. The summed E-state index contributed by atoms with van der Waals surface area (Å²) in [5, 5.41) is 6.40. The Labute approximate surface area is 69.9 Å². The second kappa shape index (κ2) is 4.05. The van der Waals surface area contributed by atoms with Gasteiger partial charge in [-0.2, -0.15) is 5.10 Å². The van der Waals surface area contributed by atoms with Gasteiger partial charge in [-0.3, -0.25) is 15.4 Å². The number of aromatic nitrogens is 2. The fraction of sp³-hybridized carbons (Fsp3) is 0.333. The number of rotatable bonds is 3. The van der Waals surface area contributed by atoms with Crippen LogP contribution in [0.3, 0.4) is 0 Å². The molecule has 0 radical (unpaired) electrons. The van der Waals surface area contributed by atoms with Gasteiger partial charge in [0.05, 0.1) is 12.8 Å². The molecule has 0 saturated heterocycles. The van der Waals surface area contributed by atoms with Gasteiger partial charge in [-0.05, 0) is 6.92 Å². The van der Waals surface area contributed by atoms with Crippen molar-refractivity contribution in [3.8, 4) is 0 Å². The van der Waals surface area contributed by atoms with Crippen LogP contribution < -0.4 is 5.48 Å². The van der Waals surface area contributed by atoms with Crippen molar-refractivity contribution in [3.05, 3.63) is 18.0 Å². The van der Waals surface area contributed by atoms with Crippen LogP contribution in [0.15, 0.2) is 12.4 Å². The number of aromatic amines is 1. The molecule has 1 aromatic heterocycles. The van der Waals surface area contributed by atoms with E-state index in [0.717, 1.165) is 5.56 Å². The molecule has 2 N–H and O–H groups in total. The smallest absolute Gasteiger partial charge is 0.133 e. The zero-order valence-corrected chi connectivity index (χ0v) is 6.94. The SMILES string of the molecule is CCONC(=S)c1cn[nH]c1. The highest BCUT2D eigenvalue weighted by molar-refractivity contribution is 7.80. The average molecular weight is 171 g/mol. The number of hydrogen-bond donors (Lipinski definition) is 2. The van der Waals surface area contributed by atoms with E-state index >= 15 is 0 Å². The summed E-state index contributed by atoms with van der Waals surface area (Å²) in [5.41, 5.74) is 3.43. The van der Waals surface area contributed by atoms with Crippen molar-refractivity contribution in [3.63, 3.8) is 0 Å². The molecule has 0 saturated carbocycles. The molecule has 5 heteroatoms. The summed E-state index contributed by atoms with van der Waals surface area (Å²) in [6, 6.07) is 0. The minimum Gasteiger partial charge on any atom is -0.285 e. The molecule has 0 amide bonds. The first-order valence-electron chi connectivity index (χ1n) is 3.25. The highest BCUT2D eigenvalue weighted by atomic mass is 32.1. The number of hydrogen-bond acceptors (Lipinski definition) is 3. The zero-order valence-electron chi connectivity index (χ0n) is 6.13. The maximum atomic E-state index is 4.94. The van der Waals surface area contributed by atoms with Crippen LogP contribution in [0.1, 0.15) is 12.5 Å². The molecular weight excluding hydrogens is 162 g/mol. The summed E-state index contributed by atoms with van der Waals surface area (Å²) in [4.78, 5) is 5.43. The normalized spacial score (nSPS) is 9.55. The molecule has 1 aromatic rings. The predicted molar refractivity (Wildman–Crippen MR) is 45.0 cm³/mol. The van der Waals surface area contributed by atoms with Crippen molar-refractivity contribution in [2.45, 2.75) is 6.92 Å². The predicted octanol–water partition coefficient (Wildman–Crippen LogP) is 0.626. The van der Waals surface area contributed by atoms with Crippen molar-refractivity contribution >= 4 is 17.2 Å². The van der Waals surface area contributed by atoms with E-state index < -0.39 is 0 Å². The summed E-state index contributed by atoms with van der Waals surface area (Å²) < 4.78 is 0. The number of hydroxylamine groups is 1. The summed E-state index contributed by atoms with van der Waals surface area (Å²) in [5.74, 6) is 0. The summed E-state index contributed by atoms with van der Waals surface area (Å²) in [7, 11) is 0. The molecular formula is C6H9N3OS. The van der Waals surface area contributed by atoms with E-state index in [0.29, 0.717) is 11.6 Å². The van der Waals surface area contributed by atoms with Crippen LogP contribution in [0, 0.1) is 0 Å². The average Bonchev–Trinajstić information content (AvgIpc) is 2.52. The van der Waals surface area contributed by atoms with Gasteiger partial charge in [0, 0.05) is 11.8 Å². The Morgan fingerprint density at radius 2 is 2.73 bits per heavy atom. The third-order valence-corrected chi connectivity index (χ3v) is 1.39. The van der Waals surface area contributed by atoms with Gasteiger partial charge in [0.15, 0.2) is 0 Å². The Morgan fingerprint density at radius 1 is 1.91 bits per heavy atom. The molecule has 0 aliphatic heterocycles. The topological polar surface area (TPSA) is 49.9 Å². The largest absolute Gasteiger partial charge is 0.285 e. The standard InChI is InChI=1S/C6H9N3OS/c1-2-10-9-6(11)5-3-7-8-4-5/h3-4H,2H2,1H3,(H,7,8)(H,9,11). The van der Waals surface area contributed by atoms with Gasteiger partial charge in [-0.25, -0.2) is 0 Å². The van der Waals surface area contributed by atoms with Crippen molar-refractivity contribution in [1.29, 1.82) is 0 Å². The molecule has 0 spiro atoms. The van der Waals surface area contributed by atoms with E-state index in [2.05, 4.69) is 15.7 Å². The van der Waals surface area contributed by atoms with E-state index in [1.807, 2.05) is 6.92 Å². The van der Waals surface area contributed by atoms with Crippen LogP contribution in [0.2, 0.25) is 0 Å². The minimum absolute atomic E-state index is 0.542. The van der Waals surface area contributed by atoms with Gasteiger partial charge in [0.25, 0.3) is 0 Å². The summed E-state index contributed by atoms with van der Waals surface area (Å²) in [6.07, 6.45) is 3.34. The third-order valence-electron chi connectivity index (χ3n) is 1.07. The van der Waals surface area contributed by atoms with E-state index in [-0.39, 0.29) is 0 Å².